The molecule has 0 amide bonds. The Morgan fingerprint density at radius 3 is 1.86 bits per heavy atom. The van der Waals surface area contributed by atoms with Crippen LogP contribution in [-0.2, 0) is 4.84 Å². The Morgan fingerprint density at radius 2 is 1.86 bits per heavy atom. The summed E-state index contributed by atoms with van der Waals surface area (Å²) in [4.78, 5) is 4.26. The minimum Gasteiger partial charge on any atom is -0.301 e. The Kier molecular flexibility index (Phi) is 3.28. The van der Waals surface area contributed by atoms with Crippen LogP contribution in [0.25, 0.3) is 0 Å². The topological polar surface area (TPSA) is 21.3 Å². The molecule has 44 valence electrons. The molecule has 0 atom stereocenters. The zero-order chi connectivity index (χ0) is 5.91. The summed E-state index contributed by atoms with van der Waals surface area (Å²) < 4.78 is -1.51. The molecule has 0 aliphatic rings. The van der Waals surface area contributed by atoms with Crippen LogP contribution < -0.4 is 5.48 Å². The summed E-state index contributed by atoms with van der Waals surface area (Å²) in [7, 11) is 1.36. The Hall–Kier alpha value is 0.790. The third-order valence-corrected chi connectivity index (χ3v) is 0.449. The van der Waals surface area contributed by atoms with Crippen LogP contribution in [-0.4, -0.2) is 11.0 Å². The zero-order valence-electron chi connectivity index (χ0n) is 3.54. The first-order chi connectivity index (χ1) is 3.06. The standard InChI is InChI=1S/C2H4Cl3NO/c1-7-6-2(3,4)5/h6H,1H3. The van der Waals surface area contributed by atoms with Gasteiger partial charge in [-0.1, -0.05) is 34.8 Å². The van der Waals surface area contributed by atoms with Crippen LogP contribution >= 0.6 is 34.8 Å². The van der Waals surface area contributed by atoms with Gasteiger partial charge < -0.3 is 4.84 Å². The maximum Gasteiger partial charge on any atom is 0.266 e. The first kappa shape index (κ1) is 7.79. The second-order valence-electron chi connectivity index (χ2n) is 0.804. The van der Waals surface area contributed by atoms with E-state index in [0.717, 1.165) is 0 Å². The highest BCUT2D eigenvalue weighted by Crippen LogP contribution is 2.20. The second kappa shape index (κ2) is 2.95. The Morgan fingerprint density at radius 1 is 1.43 bits per heavy atom. The van der Waals surface area contributed by atoms with Gasteiger partial charge in [0, 0.05) is 0 Å². The number of hydroxylamine groups is 1. The fourth-order valence-electron chi connectivity index (χ4n) is 0.116. The van der Waals surface area contributed by atoms with Gasteiger partial charge in [-0.15, -0.1) is 0 Å². The number of rotatable bonds is 1. The molecule has 0 bridgehead atoms. The first-order valence-electron chi connectivity index (χ1n) is 1.43. The summed E-state index contributed by atoms with van der Waals surface area (Å²) in [5.74, 6) is 0. The largest absolute Gasteiger partial charge is 0.301 e. The number of halogens is 3. The fraction of sp³-hybridized carbons (Fsp3) is 1.00. The minimum absolute atomic E-state index is 1.36. The summed E-state index contributed by atoms with van der Waals surface area (Å²) in [6.07, 6.45) is 0. The average molecular weight is 164 g/mol. The number of hydrogen-bond donors (Lipinski definition) is 1. The van der Waals surface area contributed by atoms with Crippen molar-refractivity contribution in [3.63, 3.8) is 0 Å². The quantitative estimate of drug-likeness (QED) is 0.360. The van der Waals surface area contributed by atoms with E-state index in [1.807, 2.05) is 0 Å². The molecule has 0 radical (unpaired) electrons. The predicted octanol–water partition coefficient (Wildman–Crippen LogP) is 1.47. The van der Waals surface area contributed by atoms with Crippen LogP contribution in [0.15, 0.2) is 0 Å². The summed E-state index contributed by atoms with van der Waals surface area (Å²) in [5, 5.41) is 0. The SMILES string of the molecule is CONC(Cl)(Cl)Cl. The van der Waals surface area contributed by atoms with Gasteiger partial charge in [0.15, 0.2) is 0 Å². The van der Waals surface area contributed by atoms with Gasteiger partial charge >= 0.3 is 0 Å². The van der Waals surface area contributed by atoms with E-state index >= 15 is 0 Å². The van der Waals surface area contributed by atoms with E-state index in [1.54, 1.807) is 0 Å². The molecule has 2 nitrogen and oxygen atoms in total. The van der Waals surface area contributed by atoms with Crippen molar-refractivity contribution < 1.29 is 4.84 Å². The molecule has 7 heavy (non-hydrogen) atoms. The van der Waals surface area contributed by atoms with Crippen molar-refractivity contribution in [3.05, 3.63) is 0 Å². The van der Waals surface area contributed by atoms with Gasteiger partial charge in [-0.05, 0) is 0 Å². The van der Waals surface area contributed by atoms with Gasteiger partial charge in [0.05, 0.1) is 7.11 Å². The van der Waals surface area contributed by atoms with E-state index in [4.69, 9.17) is 34.8 Å². The van der Waals surface area contributed by atoms with Crippen molar-refractivity contribution >= 4 is 34.8 Å². The normalized spacial score (nSPS) is 12.0. The predicted molar refractivity (Wildman–Crippen MR) is 30.4 cm³/mol. The van der Waals surface area contributed by atoms with Crippen LogP contribution in [0.3, 0.4) is 0 Å². The third-order valence-electron chi connectivity index (χ3n) is 0.218. The highest BCUT2D eigenvalue weighted by molar-refractivity contribution is 6.67. The Bertz CT molecular complexity index is 51.4. The van der Waals surface area contributed by atoms with Gasteiger partial charge in [0.2, 0.25) is 0 Å². The lowest BCUT2D eigenvalue weighted by Crippen LogP contribution is -2.26. The zero-order valence-corrected chi connectivity index (χ0v) is 5.81. The third kappa shape index (κ3) is 6.79. The van der Waals surface area contributed by atoms with Gasteiger partial charge in [-0.25, -0.2) is 0 Å². The lowest BCUT2D eigenvalue weighted by atomic mass is 11.4. The number of nitrogens with one attached hydrogen (secondary N) is 1. The van der Waals surface area contributed by atoms with Gasteiger partial charge in [0.25, 0.3) is 3.92 Å². The summed E-state index contributed by atoms with van der Waals surface area (Å²) in [5.41, 5.74) is 2.08. The van der Waals surface area contributed by atoms with Crippen LogP contribution in [0.4, 0.5) is 0 Å². The lowest BCUT2D eigenvalue weighted by molar-refractivity contribution is 0.0898. The Labute approximate surface area is 56.6 Å². The van der Waals surface area contributed by atoms with E-state index in [1.165, 1.54) is 7.11 Å². The fourth-order valence-corrected chi connectivity index (χ4v) is 0.347. The lowest BCUT2D eigenvalue weighted by Gasteiger charge is -2.08. The van der Waals surface area contributed by atoms with Gasteiger partial charge in [-0.2, -0.15) is 5.48 Å². The second-order valence-corrected chi connectivity index (χ2v) is 3.09. The van der Waals surface area contributed by atoms with E-state index in [0.29, 0.717) is 0 Å². The van der Waals surface area contributed by atoms with Crippen molar-refractivity contribution in [2.45, 2.75) is 3.92 Å². The van der Waals surface area contributed by atoms with Crippen molar-refractivity contribution in [3.8, 4) is 0 Å². The smallest absolute Gasteiger partial charge is 0.266 e. The molecule has 0 rings (SSSR count). The number of alkyl halides is 3. The van der Waals surface area contributed by atoms with Crippen molar-refractivity contribution in [1.29, 1.82) is 0 Å². The molecule has 0 aromatic heterocycles. The molecular weight excluding hydrogens is 160 g/mol. The van der Waals surface area contributed by atoms with E-state index in [9.17, 15) is 0 Å². The minimum atomic E-state index is -1.51. The molecule has 1 N–H and O–H groups in total. The molecule has 0 fully saturated rings. The number of hydrogen-bond acceptors (Lipinski definition) is 2. The molecule has 0 unspecified atom stereocenters. The van der Waals surface area contributed by atoms with Crippen LogP contribution in [0.2, 0.25) is 0 Å². The van der Waals surface area contributed by atoms with Crippen molar-refractivity contribution in [2.24, 2.45) is 0 Å². The molecule has 0 saturated carbocycles. The molecular formula is C2H4Cl3NO. The maximum absolute atomic E-state index is 5.13. The highest BCUT2D eigenvalue weighted by atomic mass is 35.6. The highest BCUT2D eigenvalue weighted by Gasteiger charge is 2.17. The molecule has 0 spiro atoms. The monoisotopic (exact) mass is 163 g/mol. The maximum atomic E-state index is 5.13. The van der Waals surface area contributed by atoms with Crippen LogP contribution in [0.5, 0.6) is 0 Å². The average Bonchev–Trinajstić information content (AvgIpc) is 1.30. The van der Waals surface area contributed by atoms with Crippen LogP contribution in [0.1, 0.15) is 0 Å². The van der Waals surface area contributed by atoms with E-state index in [-0.39, 0.29) is 0 Å². The van der Waals surface area contributed by atoms with Gasteiger partial charge in [0.1, 0.15) is 0 Å². The van der Waals surface area contributed by atoms with E-state index < -0.39 is 3.92 Å². The molecule has 0 heterocycles. The molecule has 0 aliphatic carbocycles. The Balaban J connectivity index is 3.15. The molecule has 5 heteroatoms. The summed E-state index contributed by atoms with van der Waals surface area (Å²) >= 11 is 15.4. The van der Waals surface area contributed by atoms with Gasteiger partial charge in [-0.3, -0.25) is 0 Å². The first-order valence-corrected chi connectivity index (χ1v) is 2.56. The summed E-state index contributed by atoms with van der Waals surface area (Å²) in [6, 6.07) is 0. The molecule has 0 aliphatic heterocycles. The van der Waals surface area contributed by atoms with Crippen molar-refractivity contribution in [1.82, 2.24) is 5.48 Å². The molecule has 0 aromatic rings. The van der Waals surface area contributed by atoms with E-state index in [2.05, 4.69) is 10.3 Å². The van der Waals surface area contributed by atoms with Crippen LogP contribution in [0, 0.1) is 0 Å². The molecule has 0 aromatic carbocycles. The summed E-state index contributed by atoms with van der Waals surface area (Å²) in [6.45, 7) is 0. The van der Waals surface area contributed by atoms with Crippen molar-refractivity contribution in [2.75, 3.05) is 7.11 Å². The molecule has 0 saturated heterocycles.